The van der Waals surface area contributed by atoms with Crippen molar-refractivity contribution in [3.05, 3.63) is 0 Å². The van der Waals surface area contributed by atoms with E-state index >= 15 is 0 Å². The van der Waals surface area contributed by atoms with Crippen LogP contribution in [0.2, 0.25) is 0 Å². The van der Waals surface area contributed by atoms with Crippen molar-refractivity contribution in [2.45, 2.75) is 38.6 Å². The van der Waals surface area contributed by atoms with Crippen LogP contribution in [0.4, 0.5) is 0 Å². The highest BCUT2D eigenvalue weighted by atomic mass is 16.3. The number of nitrogens with one attached hydrogen (secondary N) is 1. The van der Waals surface area contributed by atoms with Crippen LogP contribution in [0.3, 0.4) is 0 Å². The highest BCUT2D eigenvalue weighted by molar-refractivity contribution is 4.98. The quantitative estimate of drug-likeness (QED) is 0.640. The lowest BCUT2D eigenvalue weighted by Gasteiger charge is -2.30. The van der Waals surface area contributed by atoms with Crippen molar-refractivity contribution >= 4 is 0 Å². The van der Waals surface area contributed by atoms with Gasteiger partial charge in [-0.1, -0.05) is 18.8 Å². The predicted octanol–water partition coefficient (Wildman–Crippen LogP) is 1.15. The molecule has 2 unspecified atom stereocenters. The molecule has 74 valence electrons. The summed E-state index contributed by atoms with van der Waals surface area (Å²) in [7, 11) is 0. The zero-order valence-corrected chi connectivity index (χ0v) is 8.34. The fourth-order valence-electron chi connectivity index (χ4n) is 1.97. The van der Waals surface area contributed by atoms with Crippen LogP contribution in [-0.4, -0.2) is 24.3 Å². The van der Waals surface area contributed by atoms with Gasteiger partial charge in [0.05, 0.1) is 6.54 Å². The van der Waals surface area contributed by atoms with Gasteiger partial charge in [-0.3, -0.25) is 0 Å². The van der Waals surface area contributed by atoms with Crippen LogP contribution < -0.4 is 5.32 Å². The molecule has 1 saturated carbocycles. The second-order valence-electron chi connectivity index (χ2n) is 3.64. The average Bonchev–Trinajstić information content (AvgIpc) is 2.19. The van der Waals surface area contributed by atoms with Crippen LogP contribution in [0, 0.1) is 17.8 Å². The van der Waals surface area contributed by atoms with Crippen molar-refractivity contribution in [2.75, 3.05) is 13.2 Å². The maximum Gasteiger partial charge on any atom is 0.0578 e. The van der Waals surface area contributed by atoms with Crippen LogP contribution >= 0.6 is 0 Å². The lowest BCUT2D eigenvalue weighted by molar-refractivity contribution is 0.155. The minimum atomic E-state index is 0.317. The fourth-order valence-corrected chi connectivity index (χ4v) is 1.97. The Hall–Kier alpha value is -0.520. The second-order valence-corrected chi connectivity index (χ2v) is 3.64. The topological polar surface area (TPSA) is 32.3 Å². The van der Waals surface area contributed by atoms with E-state index < -0.39 is 0 Å². The first-order valence-corrected chi connectivity index (χ1v) is 5.12. The van der Waals surface area contributed by atoms with E-state index in [1.54, 1.807) is 0 Å². The van der Waals surface area contributed by atoms with Crippen molar-refractivity contribution < 1.29 is 5.11 Å². The summed E-state index contributed by atoms with van der Waals surface area (Å²) in [6, 6.07) is 0.486. The minimum absolute atomic E-state index is 0.317. The number of rotatable bonds is 3. The Morgan fingerprint density at radius 1 is 1.38 bits per heavy atom. The molecule has 2 heteroatoms. The first-order valence-electron chi connectivity index (χ1n) is 5.12. The smallest absolute Gasteiger partial charge is 0.0578 e. The molecule has 0 amide bonds. The summed E-state index contributed by atoms with van der Waals surface area (Å²) < 4.78 is 0. The van der Waals surface area contributed by atoms with Gasteiger partial charge in [0.25, 0.3) is 0 Å². The summed E-state index contributed by atoms with van der Waals surface area (Å²) in [6.07, 6.45) is 4.90. The first kappa shape index (κ1) is 10.6. The van der Waals surface area contributed by atoms with Crippen LogP contribution in [0.5, 0.6) is 0 Å². The van der Waals surface area contributed by atoms with E-state index in [2.05, 4.69) is 17.2 Å². The monoisotopic (exact) mass is 181 g/mol. The molecule has 2 nitrogen and oxygen atoms in total. The highest BCUT2D eigenvalue weighted by Gasteiger charge is 2.23. The van der Waals surface area contributed by atoms with Gasteiger partial charge < -0.3 is 10.4 Å². The summed E-state index contributed by atoms with van der Waals surface area (Å²) >= 11 is 0. The van der Waals surface area contributed by atoms with Gasteiger partial charge in [-0.15, -0.1) is 5.92 Å². The van der Waals surface area contributed by atoms with E-state index in [4.69, 9.17) is 5.11 Å². The maximum atomic E-state index is 9.14. The van der Waals surface area contributed by atoms with Crippen molar-refractivity contribution in [2.24, 2.45) is 5.92 Å². The molecule has 0 aliphatic heterocycles. The number of aliphatic hydroxyl groups excluding tert-OH is 1. The zero-order chi connectivity index (χ0) is 9.52. The maximum absolute atomic E-state index is 9.14. The zero-order valence-electron chi connectivity index (χ0n) is 8.34. The number of hydrogen-bond acceptors (Lipinski definition) is 2. The molecule has 2 N–H and O–H groups in total. The van der Waals surface area contributed by atoms with E-state index in [0.29, 0.717) is 18.6 Å². The van der Waals surface area contributed by atoms with Gasteiger partial charge in [-0.2, -0.15) is 0 Å². The van der Waals surface area contributed by atoms with E-state index in [-0.39, 0.29) is 0 Å². The molecule has 1 aliphatic rings. The first-order chi connectivity index (χ1) is 6.38. The third-order valence-corrected chi connectivity index (χ3v) is 2.77. The molecule has 0 radical (unpaired) electrons. The molecule has 1 aliphatic carbocycles. The lowest BCUT2D eigenvalue weighted by Crippen LogP contribution is -2.40. The van der Waals surface area contributed by atoms with Crippen molar-refractivity contribution in [1.82, 2.24) is 5.32 Å². The van der Waals surface area contributed by atoms with Crippen LogP contribution in [0.1, 0.15) is 32.6 Å². The van der Waals surface area contributed by atoms with Gasteiger partial charge in [0, 0.05) is 12.6 Å². The lowest BCUT2D eigenvalue weighted by atomic mass is 9.85. The summed E-state index contributed by atoms with van der Waals surface area (Å²) in [6.45, 7) is 2.93. The molecule has 1 rings (SSSR count). The van der Waals surface area contributed by atoms with E-state index in [1.165, 1.54) is 19.3 Å². The van der Waals surface area contributed by atoms with Gasteiger partial charge in [-0.25, -0.2) is 0 Å². The van der Waals surface area contributed by atoms with E-state index in [1.807, 2.05) is 6.92 Å². The Labute approximate surface area is 80.7 Å². The highest BCUT2D eigenvalue weighted by Crippen LogP contribution is 2.23. The van der Waals surface area contributed by atoms with Crippen LogP contribution in [0.25, 0.3) is 0 Å². The largest absolute Gasteiger partial charge is 0.396 e. The number of aliphatic hydroxyl groups is 1. The molecule has 1 fully saturated rings. The molecule has 0 spiro atoms. The molecular formula is C11H19NO. The molecular weight excluding hydrogens is 162 g/mol. The predicted molar refractivity (Wildman–Crippen MR) is 54.3 cm³/mol. The van der Waals surface area contributed by atoms with Crippen LogP contribution in [0.15, 0.2) is 0 Å². The Bertz CT molecular complexity index is 192. The van der Waals surface area contributed by atoms with Gasteiger partial charge in [-0.05, 0) is 25.7 Å². The third kappa shape index (κ3) is 3.38. The summed E-state index contributed by atoms with van der Waals surface area (Å²) in [5, 5.41) is 12.5. The Morgan fingerprint density at radius 2 is 2.15 bits per heavy atom. The van der Waals surface area contributed by atoms with Crippen molar-refractivity contribution in [3.63, 3.8) is 0 Å². The van der Waals surface area contributed by atoms with Gasteiger partial charge >= 0.3 is 0 Å². The van der Waals surface area contributed by atoms with Crippen LogP contribution in [-0.2, 0) is 0 Å². The molecule has 0 heterocycles. The molecule has 0 bridgehead atoms. The summed E-state index contributed by atoms with van der Waals surface area (Å²) in [5.74, 6) is 6.31. The van der Waals surface area contributed by atoms with E-state index in [9.17, 15) is 0 Å². The normalized spacial score (nSPS) is 27.8. The molecule has 0 aromatic rings. The fraction of sp³-hybridized carbons (Fsp3) is 0.818. The van der Waals surface area contributed by atoms with Gasteiger partial charge in [0.2, 0.25) is 0 Å². The molecule has 13 heavy (non-hydrogen) atoms. The average molecular weight is 181 g/mol. The Balaban J connectivity index is 2.30. The summed E-state index contributed by atoms with van der Waals surface area (Å²) in [4.78, 5) is 0. The second kappa shape index (κ2) is 6.01. The van der Waals surface area contributed by atoms with Crippen molar-refractivity contribution in [1.29, 1.82) is 0 Å². The Kier molecular flexibility index (Phi) is 4.88. The molecule has 0 aromatic heterocycles. The minimum Gasteiger partial charge on any atom is -0.396 e. The summed E-state index contributed by atoms with van der Waals surface area (Å²) in [5.41, 5.74) is 0. The SMILES string of the molecule is CC#CCNC1CCCCC1CO. The van der Waals surface area contributed by atoms with Gasteiger partial charge in [0.1, 0.15) is 0 Å². The molecule has 2 atom stereocenters. The van der Waals surface area contributed by atoms with Gasteiger partial charge in [0.15, 0.2) is 0 Å². The Morgan fingerprint density at radius 3 is 2.85 bits per heavy atom. The van der Waals surface area contributed by atoms with E-state index in [0.717, 1.165) is 13.0 Å². The third-order valence-electron chi connectivity index (χ3n) is 2.77. The number of hydrogen-bond donors (Lipinski definition) is 2. The standard InChI is InChI=1S/C11H19NO/c1-2-3-8-12-11-7-5-4-6-10(11)9-13/h10-13H,4-9H2,1H3. The van der Waals surface area contributed by atoms with Crippen molar-refractivity contribution in [3.8, 4) is 11.8 Å². The molecule has 0 saturated heterocycles. The molecule has 0 aromatic carbocycles.